The third-order valence-corrected chi connectivity index (χ3v) is 6.76. The average molecular weight is 494 g/mol. The van der Waals surface area contributed by atoms with Crippen molar-refractivity contribution in [3.63, 3.8) is 0 Å². The number of aromatic nitrogens is 5. The highest BCUT2D eigenvalue weighted by Gasteiger charge is 2.21. The summed E-state index contributed by atoms with van der Waals surface area (Å²) in [5.74, 6) is 0. The van der Waals surface area contributed by atoms with Gasteiger partial charge >= 0.3 is 0 Å². The number of hydrogen-bond acceptors (Lipinski definition) is 4. The molecule has 3 aromatic heterocycles. The minimum atomic E-state index is -0.150. The number of hydrogen-bond donors (Lipinski definition) is 0. The minimum absolute atomic E-state index is 0.150. The highest BCUT2D eigenvalue weighted by Crippen LogP contribution is 2.28. The van der Waals surface area contributed by atoms with Gasteiger partial charge in [-0.3, -0.25) is 13.9 Å². The van der Waals surface area contributed by atoms with Crippen molar-refractivity contribution in [2.45, 2.75) is 32.7 Å². The Kier molecular flexibility index (Phi) is 5.74. The van der Waals surface area contributed by atoms with Crippen LogP contribution in [0.4, 0.5) is 0 Å². The van der Waals surface area contributed by atoms with Crippen LogP contribution in [0.25, 0.3) is 38.9 Å². The number of rotatable bonds is 6. The maximum atomic E-state index is 13.8. The van der Waals surface area contributed by atoms with Gasteiger partial charge in [0.05, 0.1) is 17.6 Å². The molecule has 3 aromatic carbocycles. The van der Waals surface area contributed by atoms with Gasteiger partial charge in [-0.1, -0.05) is 61.3 Å². The molecule has 3 heterocycles. The number of unbranched alkanes of at least 4 members (excludes halogenated alkanes) is 1. The Morgan fingerprint density at radius 1 is 0.833 bits per heavy atom. The number of para-hydroxylation sites is 2. The summed E-state index contributed by atoms with van der Waals surface area (Å²) in [5, 5.41) is 1.13. The van der Waals surface area contributed by atoms with Crippen LogP contribution in [0.2, 0.25) is 5.02 Å². The van der Waals surface area contributed by atoms with Gasteiger partial charge in [-0.05, 0) is 60.4 Å². The normalized spacial score (nSPS) is 11.6. The molecular formula is C29H24ClN5O. The summed E-state index contributed by atoms with van der Waals surface area (Å²) in [4.78, 5) is 28.3. The number of nitrogens with zero attached hydrogens (tertiary/aromatic N) is 5. The van der Waals surface area contributed by atoms with E-state index in [1.807, 2.05) is 53.1 Å². The predicted octanol–water partition coefficient (Wildman–Crippen LogP) is 6.33. The monoisotopic (exact) mass is 493 g/mol. The molecule has 0 saturated heterocycles. The molecule has 0 spiro atoms. The first-order valence-electron chi connectivity index (χ1n) is 12.1. The van der Waals surface area contributed by atoms with Crippen LogP contribution >= 0.6 is 11.6 Å². The van der Waals surface area contributed by atoms with Crippen molar-refractivity contribution in [2.24, 2.45) is 0 Å². The second kappa shape index (κ2) is 9.21. The van der Waals surface area contributed by atoms with E-state index in [4.69, 9.17) is 26.6 Å². The Morgan fingerprint density at radius 2 is 1.53 bits per heavy atom. The van der Waals surface area contributed by atoms with Crippen molar-refractivity contribution in [1.29, 1.82) is 0 Å². The summed E-state index contributed by atoms with van der Waals surface area (Å²) in [5.41, 5.74) is 6.26. The summed E-state index contributed by atoms with van der Waals surface area (Å²) < 4.78 is 3.56. The number of aryl methyl sites for hydroxylation is 1. The van der Waals surface area contributed by atoms with E-state index in [1.54, 1.807) is 10.9 Å². The molecule has 7 heteroatoms. The molecule has 0 aliphatic carbocycles. The smallest absolute Gasteiger partial charge is 0.265 e. The van der Waals surface area contributed by atoms with Crippen LogP contribution < -0.4 is 5.56 Å². The van der Waals surface area contributed by atoms with E-state index in [9.17, 15) is 4.79 Å². The van der Waals surface area contributed by atoms with Gasteiger partial charge in [0.1, 0.15) is 17.2 Å². The van der Waals surface area contributed by atoms with Gasteiger partial charge in [0, 0.05) is 10.7 Å². The minimum Gasteiger partial charge on any atom is -0.294 e. The first-order chi connectivity index (χ1) is 17.6. The fraction of sp³-hybridized carbons (Fsp3) is 0.172. The Morgan fingerprint density at radius 3 is 2.25 bits per heavy atom. The van der Waals surface area contributed by atoms with Crippen LogP contribution in [0.15, 0.2) is 83.9 Å². The van der Waals surface area contributed by atoms with Gasteiger partial charge in [0.15, 0.2) is 11.3 Å². The molecule has 0 saturated carbocycles. The number of halogens is 1. The van der Waals surface area contributed by atoms with E-state index < -0.39 is 0 Å². The van der Waals surface area contributed by atoms with Crippen molar-refractivity contribution in [3.8, 4) is 5.69 Å². The summed E-state index contributed by atoms with van der Waals surface area (Å²) in [7, 11) is 0. The SMILES string of the molecule is CCCCc1ccc(-n2c3nc4ccccc4nc3c3c(=O)n(Cc4ccc(Cl)cc4)cnc32)cc1. The third-order valence-electron chi connectivity index (χ3n) is 6.51. The largest absolute Gasteiger partial charge is 0.294 e. The molecule has 0 fully saturated rings. The van der Waals surface area contributed by atoms with Crippen LogP contribution in [0.1, 0.15) is 30.9 Å². The van der Waals surface area contributed by atoms with Crippen molar-refractivity contribution >= 4 is 44.8 Å². The second-order valence-electron chi connectivity index (χ2n) is 8.99. The lowest BCUT2D eigenvalue weighted by molar-refractivity contribution is 0.747. The first-order valence-corrected chi connectivity index (χ1v) is 12.5. The quantitative estimate of drug-likeness (QED) is 0.272. The Labute approximate surface area is 212 Å². The molecule has 36 heavy (non-hydrogen) atoms. The lowest BCUT2D eigenvalue weighted by Crippen LogP contribution is -2.21. The number of fused-ring (bicyclic) bond motifs is 4. The van der Waals surface area contributed by atoms with E-state index in [0.29, 0.717) is 33.8 Å². The van der Waals surface area contributed by atoms with Crippen LogP contribution in [-0.2, 0) is 13.0 Å². The zero-order valence-electron chi connectivity index (χ0n) is 19.9. The third kappa shape index (κ3) is 3.93. The molecular weight excluding hydrogens is 470 g/mol. The van der Waals surface area contributed by atoms with Crippen LogP contribution in [-0.4, -0.2) is 24.1 Å². The highest BCUT2D eigenvalue weighted by molar-refractivity contribution is 6.30. The molecule has 0 bridgehead atoms. The molecule has 0 aliphatic heterocycles. The van der Waals surface area contributed by atoms with Gasteiger partial charge in [0.25, 0.3) is 5.56 Å². The van der Waals surface area contributed by atoms with Gasteiger partial charge in [0.2, 0.25) is 0 Å². The molecule has 0 atom stereocenters. The fourth-order valence-corrected chi connectivity index (χ4v) is 4.73. The van der Waals surface area contributed by atoms with Crippen molar-refractivity contribution in [1.82, 2.24) is 24.1 Å². The van der Waals surface area contributed by atoms with Crippen LogP contribution in [0, 0.1) is 0 Å². The van der Waals surface area contributed by atoms with E-state index in [-0.39, 0.29) is 5.56 Å². The summed E-state index contributed by atoms with van der Waals surface area (Å²) in [6, 6.07) is 23.6. The Hall–Kier alpha value is -4.03. The second-order valence-corrected chi connectivity index (χ2v) is 9.43. The summed E-state index contributed by atoms with van der Waals surface area (Å²) >= 11 is 6.03. The van der Waals surface area contributed by atoms with E-state index in [2.05, 4.69) is 31.2 Å². The van der Waals surface area contributed by atoms with Gasteiger partial charge in [-0.15, -0.1) is 0 Å². The topological polar surface area (TPSA) is 65.6 Å². The van der Waals surface area contributed by atoms with Crippen molar-refractivity contribution in [2.75, 3.05) is 0 Å². The fourth-order valence-electron chi connectivity index (χ4n) is 4.61. The van der Waals surface area contributed by atoms with Crippen molar-refractivity contribution in [3.05, 3.63) is 106 Å². The molecule has 6 nitrogen and oxygen atoms in total. The van der Waals surface area contributed by atoms with Gasteiger partial charge in [-0.2, -0.15) is 0 Å². The van der Waals surface area contributed by atoms with E-state index >= 15 is 0 Å². The Bertz CT molecular complexity index is 1770. The zero-order valence-corrected chi connectivity index (χ0v) is 20.6. The molecule has 0 unspecified atom stereocenters. The highest BCUT2D eigenvalue weighted by atomic mass is 35.5. The van der Waals surface area contributed by atoms with E-state index in [0.717, 1.165) is 41.5 Å². The van der Waals surface area contributed by atoms with Crippen LogP contribution in [0.5, 0.6) is 0 Å². The molecule has 6 rings (SSSR count). The first kappa shape index (κ1) is 22.4. The van der Waals surface area contributed by atoms with Gasteiger partial charge in [-0.25, -0.2) is 15.0 Å². The zero-order chi connectivity index (χ0) is 24.6. The molecule has 0 amide bonds. The average Bonchev–Trinajstić information content (AvgIpc) is 3.23. The predicted molar refractivity (Wildman–Crippen MR) is 145 cm³/mol. The Balaban J connectivity index is 1.58. The lowest BCUT2D eigenvalue weighted by Gasteiger charge is -2.09. The summed E-state index contributed by atoms with van der Waals surface area (Å²) in [6.45, 7) is 2.58. The lowest BCUT2D eigenvalue weighted by atomic mass is 10.1. The molecule has 6 aromatic rings. The molecule has 178 valence electrons. The molecule has 0 N–H and O–H groups in total. The van der Waals surface area contributed by atoms with Crippen molar-refractivity contribution < 1.29 is 0 Å². The van der Waals surface area contributed by atoms with Gasteiger partial charge < -0.3 is 0 Å². The van der Waals surface area contributed by atoms with Crippen LogP contribution in [0.3, 0.4) is 0 Å². The number of benzene rings is 3. The molecule has 0 aliphatic rings. The van der Waals surface area contributed by atoms with E-state index in [1.165, 1.54) is 5.56 Å². The summed E-state index contributed by atoms with van der Waals surface area (Å²) in [6.07, 6.45) is 4.95. The maximum absolute atomic E-state index is 13.8. The standard InChI is InChI=1S/C29H24ClN5O/c1-2-3-6-19-11-15-22(16-12-19)35-27-25(26-28(35)33-24-8-5-4-7-23(24)32-26)29(36)34(18-31-27)17-20-9-13-21(30)14-10-20/h4-5,7-16,18H,2-3,6,17H2,1H3. The maximum Gasteiger partial charge on any atom is 0.265 e. The molecule has 0 radical (unpaired) electrons.